The first-order chi connectivity index (χ1) is 31.2. The van der Waals surface area contributed by atoms with Crippen molar-refractivity contribution >= 4 is 19.8 Å². The fourth-order valence-electron chi connectivity index (χ4n) is 8.29. The lowest BCUT2D eigenvalue weighted by Gasteiger charge is -2.20. The molecule has 0 saturated heterocycles. The maximum Gasteiger partial charge on any atom is 0.472 e. The van der Waals surface area contributed by atoms with Crippen molar-refractivity contribution in [1.29, 1.82) is 0 Å². The van der Waals surface area contributed by atoms with Gasteiger partial charge in [0.1, 0.15) is 12.7 Å². The molecule has 3 N–H and O–H groups in total. The Labute approximate surface area is 394 Å². The molecular weight excluding hydrogens is 828 g/mol. The molecule has 0 aromatic rings. The van der Waals surface area contributed by atoms with E-state index in [2.05, 4.69) is 13.8 Å². The zero-order chi connectivity index (χ0) is 46.9. The zero-order valence-electron chi connectivity index (χ0n) is 42.0. The van der Waals surface area contributed by atoms with Gasteiger partial charge >= 0.3 is 19.8 Å². The van der Waals surface area contributed by atoms with Crippen LogP contribution in [0.3, 0.4) is 0 Å². The largest absolute Gasteiger partial charge is 0.472 e. The molecular formula is C53H105O10P. The van der Waals surface area contributed by atoms with E-state index in [1.54, 1.807) is 0 Å². The van der Waals surface area contributed by atoms with Crippen LogP contribution in [-0.4, -0.2) is 65.7 Å². The summed E-state index contributed by atoms with van der Waals surface area (Å²) in [6.45, 7) is 2.46. The summed E-state index contributed by atoms with van der Waals surface area (Å²) < 4.78 is 32.9. The molecule has 3 unspecified atom stereocenters. The molecule has 64 heavy (non-hydrogen) atoms. The van der Waals surface area contributed by atoms with E-state index < -0.39 is 51.8 Å². The van der Waals surface area contributed by atoms with Crippen molar-refractivity contribution in [3.63, 3.8) is 0 Å². The van der Waals surface area contributed by atoms with Crippen LogP contribution in [-0.2, 0) is 32.7 Å². The number of hydrogen-bond donors (Lipinski definition) is 3. The van der Waals surface area contributed by atoms with Gasteiger partial charge in [0.15, 0.2) is 6.10 Å². The molecule has 0 aliphatic heterocycles. The lowest BCUT2D eigenvalue weighted by Crippen LogP contribution is -2.29. The number of phosphoric ester groups is 1. The number of ether oxygens (including phenoxy) is 2. The molecule has 0 fully saturated rings. The predicted molar refractivity (Wildman–Crippen MR) is 266 cm³/mol. The molecule has 0 spiro atoms. The van der Waals surface area contributed by atoms with Gasteiger partial charge in [-0.15, -0.1) is 0 Å². The lowest BCUT2D eigenvalue weighted by atomic mass is 10.0. The van der Waals surface area contributed by atoms with Gasteiger partial charge in [0, 0.05) is 12.8 Å². The average molecular weight is 933 g/mol. The van der Waals surface area contributed by atoms with Crippen molar-refractivity contribution in [1.82, 2.24) is 0 Å². The molecule has 0 rings (SSSR count). The Balaban J connectivity index is 4.06. The topological polar surface area (TPSA) is 149 Å². The summed E-state index contributed by atoms with van der Waals surface area (Å²) in [5.41, 5.74) is 0. The second-order valence-corrected chi connectivity index (χ2v) is 20.4. The highest BCUT2D eigenvalue weighted by Crippen LogP contribution is 2.43. The van der Waals surface area contributed by atoms with E-state index in [9.17, 15) is 24.2 Å². The summed E-state index contributed by atoms with van der Waals surface area (Å²) in [7, 11) is -4.62. The van der Waals surface area contributed by atoms with Crippen LogP contribution in [0, 0.1) is 0 Å². The van der Waals surface area contributed by atoms with E-state index in [0.717, 1.165) is 32.1 Å². The van der Waals surface area contributed by atoms with Gasteiger partial charge in [0.25, 0.3) is 0 Å². The van der Waals surface area contributed by atoms with Crippen molar-refractivity contribution < 1.29 is 47.8 Å². The van der Waals surface area contributed by atoms with Crippen LogP contribution >= 0.6 is 7.82 Å². The first-order valence-corrected chi connectivity index (χ1v) is 29.0. The van der Waals surface area contributed by atoms with Crippen molar-refractivity contribution in [2.75, 3.05) is 26.4 Å². The Hall–Kier alpha value is -1.03. The third kappa shape index (κ3) is 48.9. The van der Waals surface area contributed by atoms with Gasteiger partial charge in [-0.3, -0.25) is 18.6 Å². The molecule has 0 aromatic carbocycles. The number of phosphoric acid groups is 1. The van der Waals surface area contributed by atoms with Gasteiger partial charge in [-0.2, -0.15) is 0 Å². The Morgan fingerprint density at radius 3 is 0.969 bits per heavy atom. The molecule has 3 atom stereocenters. The van der Waals surface area contributed by atoms with Gasteiger partial charge < -0.3 is 24.6 Å². The second kappa shape index (κ2) is 49.9. The molecule has 0 heterocycles. The summed E-state index contributed by atoms with van der Waals surface area (Å²) in [6.07, 6.45) is 50.8. The average Bonchev–Trinajstić information content (AvgIpc) is 3.28. The minimum Gasteiger partial charge on any atom is -0.462 e. The van der Waals surface area contributed by atoms with E-state index >= 15 is 0 Å². The van der Waals surface area contributed by atoms with Crippen molar-refractivity contribution in [3.8, 4) is 0 Å². The number of carbonyl (C=O) groups excluding carboxylic acids is 2. The molecule has 382 valence electrons. The van der Waals surface area contributed by atoms with Gasteiger partial charge in [0.2, 0.25) is 0 Å². The SMILES string of the molecule is CCCCCCCCCCCCCCCCCCCCCCCCCCC(=O)OC(COC(=O)CCCCCCCCCCCCCCCCCCC)COP(=O)(O)OCC(O)CO. The maximum atomic E-state index is 12.7. The van der Waals surface area contributed by atoms with Crippen LogP contribution < -0.4 is 0 Å². The summed E-state index contributed by atoms with van der Waals surface area (Å²) in [5.74, 6) is -0.900. The Bertz CT molecular complexity index is 1030. The summed E-state index contributed by atoms with van der Waals surface area (Å²) in [6, 6.07) is 0. The minimum absolute atomic E-state index is 0.193. The zero-order valence-corrected chi connectivity index (χ0v) is 42.9. The monoisotopic (exact) mass is 933 g/mol. The molecule has 0 aliphatic carbocycles. The number of rotatable bonds is 53. The Morgan fingerprint density at radius 2 is 0.672 bits per heavy atom. The molecule has 0 aromatic heterocycles. The highest BCUT2D eigenvalue weighted by molar-refractivity contribution is 7.47. The fraction of sp³-hybridized carbons (Fsp3) is 0.962. The van der Waals surface area contributed by atoms with Crippen LogP contribution in [0.1, 0.15) is 290 Å². The van der Waals surface area contributed by atoms with Gasteiger partial charge in [-0.25, -0.2) is 4.57 Å². The summed E-state index contributed by atoms with van der Waals surface area (Å²) >= 11 is 0. The molecule has 0 radical (unpaired) electrons. The smallest absolute Gasteiger partial charge is 0.462 e. The summed E-state index contributed by atoms with van der Waals surface area (Å²) in [5, 5.41) is 18.4. The number of aliphatic hydroxyl groups excluding tert-OH is 2. The minimum atomic E-state index is -4.62. The molecule has 0 amide bonds. The molecule has 0 saturated carbocycles. The number of unbranched alkanes of at least 4 members (excludes halogenated alkanes) is 39. The van der Waals surface area contributed by atoms with Crippen LogP contribution in [0.4, 0.5) is 0 Å². The third-order valence-electron chi connectivity index (χ3n) is 12.5. The summed E-state index contributed by atoms with van der Waals surface area (Å²) in [4.78, 5) is 35.2. The number of esters is 2. The van der Waals surface area contributed by atoms with Crippen LogP contribution in [0.5, 0.6) is 0 Å². The fourth-order valence-corrected chi connectivity index (χ4v) is 9.08. The lowest BCUT2D eigenvalue weighted by molar-refractivity contribution is -0.161. The highest BCUT2D eigenvalue weighted by Gasteiger charge is 2.27. The van der Waals surface area contributed by atoms with Crippen LogP contribution in [0.2, 0.25) is 0 Å². The molecule has 11 heteroatoms. The Kier molecular flexibility index (Phi) is 49.1. The van der Waals surface area contributed by atoms with Crippen molar-refractivity contribution in [3.05, 3.63) is 0 Å². The van der Waals surface area contributed by atoms with Crippen LogP contribution in [0.25, 0.3) is 0 Å². The molecule has 0 aliphatic rings. The van der Waals surface area contributed by atoms with Gasteiger partial charge in [0.05, 0.1) is 19.8 Å². The van der Waals surface area contributed by atoms with Crippen molar-refractivity contribution in [2.45, 2.75) is 302 Å². The third-order valence-corrected chi connectivity index (χ3v) is 13.5. The van der Waals surface area contributed by atoms with Crippen molar-refractivity contribution in [2.24, 2.45) is 0 Å². The molecule has 0 bridgehead atoms. The maximum absolute atomic E-state index is 12.7. The first-order valence-electron chi connectivity index (χ1n) is 27.5. The number of hydrogen-bond acceptors (Lipinski definition) is 9. The highest BCUT2D eigenvalue weighted by atomic mass is 31.2. The predicted octanol–water partition coefficient (Wildman–Crippen LogP) is 15.7. The normalized spacial score (nSPS) is 13.5. The quantitative estimate of drug-likeness (QED) is 0.0306. The second-order valence-electron chi connectivity index (χ2n) is 19.0. The number of aliphatic hydroxyl groups is 2. The van der Waals surface area contributed by atoms with E-state index in [-0.39, 0.29) is 19.4 Å². The van der Waals surface area contributed by atoms with Gasteiger partial charge in [-0.05, 0) is 12.8 Å². The van der Waals surface area contributed by atoms with E-state index in [4.69, 9.17) is 23.6 Å². The van der Waals surface area contributed by atoms with Crippen LogP contribution in [0.15, 0.2) is 0 Å². The van der Waals surface area contributed by atoms with E-state index in [1.165, 1.54) is 218 Å². The first kappa shape index (κ1) is 63.0. The van der Waals surface area contributed by atoms with Gasteiger partial charge in [-0.1, -0.05) is 264 Å². The Morgan fingerprint density at radius 1 is 0.406 bits per heavy atom. The standard InChI is InChI=1S/C53H105O10P/c1-3-5-7-9-11-13-15-17-19-21-22-23-24-25-26-27-29-31-33-35-37-39-41-43-45-53(57)63-51(49-62-64(58,59)61-47-50(55)46-54)48-60-52(56)44-42-40-38-36-34-32-30-28-20-18-16-14-12-10-8-6-4-2/h50-51,54-55H,3-49H2,1-2H3,(H,58,59). The number of carbonyl (C=O) groups is 2. The van der Waals surface area contributed by atoms with E-state index in [1.807, 2.05) is 0 Å². The molecule has 10 nitrogen and oxygen atoms in total. The van der Waals surface area contributed by atoms with E-state index in [0.29, 0.717) is 12.8 Å².